The summed E-state index contributed by atoms with van der Waals surface area (Å²) in [6.45, 7) is 3.70. The number of carbonyl (C=O) groups excluding carboxylic acids is 2. The van der Waals surface area contributed by atoms with E-state index in [0.29, 0.717) is 43.1 Å². The molecule has 202 valence electrons. The van der Waals surface area contributed by atoms with Crippen LogP contribution in [0.15, 0.2) is 78.9 Å². The van der Waals surface area contributed by atoms with Crippen LogP contribution in [-0.4, -0.2) is 57.6 Å². The van der Waals surface area contributed by atoms with Crippen molar-refractivity contribution in [2.24, 2.45) is 0 Å². The first-order valence-corrected chi connectivity index (χ1v) is 13.4. The number of ether oxygens (including phenoxy) is 2. The minimum atomic E-state index is -0.865. The van der Waals surface area contributed by atoms with Gasteiger partial charge >= 0.3 is 0 Å². The highest BCUT2D eigenvalue weighted by Crippen LogP contribution is 2.27. The molecule has 39 heavy (non-hydrogen) atoms. The molecule has 1 aliphatic heterocycles. The Hall–Kier alpha value is -4.24. The van der Waals surface area contributed by atoms with Crippen LogP contribution >= 0.6 is 0 Å². The van der Waals surface area contributed by atoms with Crippen molar-refractivity contribution >= 4 is 22.8 Å². The van der Waals surface area contributed by atoms with Gasteiger partial charge in [0, 0.05) is 19.7 Å². The third-order valence-electron chi connectivity index (χ3n) is 6.83. The van der Waals surface area contributed by atoms with Crippen LogP contribution in [0.3, 0.4) is 0 Å². The van der Waals surface area contributed by atoms with Gasteiger partial charge in [0.25, 0.3) is 0 Å². The second-order valence-electron chi connectivity index (χ2n) is 9.52. The maximum Gasteiger partial charge on any atom is 0.247 e. The zero-order chi connectivity index (χ0) is 27.0. The van der Waals surface area contributed by atoms with Crippen LogP contribution in [0.2, 0.25) is 0 Å². The smallest absolute Gasteiger partial charge is 0.247 e. The Morgan fingerprint density at radius 1 is 1.08 bits per heavy atom. The van der Waals surface area contributed by atoms with Gasteiger partial charge in [-0.15, -0.1) is 5.10 Å². The fourth-order valence-electron chi connectivity index (χ4n) is 4.88. The Labute approximate surface area is 227 Å². The molecule has 0 aliphatic carbocycles. The van der Waals surface area contributed by atoms with Crippen LogP contribution in [0, 0.1) is 0 Å². The SMILES string of the molecule is CCOc1ccc(C(C(=O)NCc2ccccc2)N(CC2CCCO2)C(=O)Cn2nnc3ccccc32)cc1. The zero-order valence-electron chi connectivity index (χ0n) is 22.0. The highest BCUT2D eigenvalue weighted by atomic mass is 16.5. The number of hydrogen-bond donors (Lipinski definition) is 1. The molecule has 4 aromatic rings. The molecular formula is C30H33N5O4. The second kappa shape index (κ2) is 12.5. The summed E-state index contributed by atoms with van der Waals surface area (Å²) < 4.78 is 13.1. The first kappa shape index (κ1) is 26.4. The van der Waals surface area contributed by atoms with E-state index in [9.17, 15) is 9.59 Å². The summed E-state index contributed by atoms with van der Waals surface area (Å²) in [5.74, 6) is 0.198. The van der Waals surface area contributed by atoms with Crippen molar-refractivity contribution in [3.8, 4) is 5.75 Å². The molecule has 0 spiro atoms. The molecule has 0 bridgehead atoms. The summed E-state index contributed by atoms with van der Waals surface area (Å²) in [6, 6.07) is 23.7. The van der Waals surface area contributed by atoms with Crippen molar-refractivity contribution in [3.63, 3.8) is 0 Å². The van der Waals surface area contributed by atoms with Gasteiger partial charge in [0.15, 0.2) is 0 Å². The largest absolute Gasteiger partial charge is 0.494 e. The van der Waals surface area contributed by atoms with E-state index in [1.54, 1.807) is 9.58 Å². The Balaban J connectivity index is 1.47. The lowest BCUT2D eigenvalue weighted by Gasteiger charge is -2.33. The van der Waals surface area contributed by atoms with Crippen molar-refractivity contribution in [2.75, 3.05) is 19.8 Å². The van der Waals surface area contributed by atoms with Gasteiger partial charge in [-0.2, -0.15) is 0 Å². The number of fused-ring (bicyclic) bond motifs is 1. The number of amides is 2. The van der Waals surface area contributed by atoms with Crippen molar-refractivity contribution in [2.45, 2.75) is 45.0 Å². The molecule has 3 aromatic carbocycles. The predicted octanol–water partition coefficient (Wildman–Crippen LogP) is 3.90. The highest BCUT2D eigenvalue weighted by Gasteiger charge is 2.34. The molecule has 2 heterocycles. The molecule has 0 saturated carbocycles. The minimum Gasteiger partial charge on any atom is -0.494 e. The number of nitrogens with zero attached hydrogens (tertiary/aromatic N) is 4. The van der Waals surface area contributed by atoms with Crippen molar-refractivity contribution in [3.05, 3.63) is 90.0 Å². The van der Waals surface area contributed by atoms with E-state index in [2.05, 4.69) is 15.6 Å². The fourth-order valence-corrected chi connectivity index (χ4v) is 4.88. The van der Waals surface area contributed by atoms with Crippen LogP contribution < -0.4 is 10.1 Å². The molecule has 2 amide bonds. The maximum absolute atomic E-state index is 14.0. The van der Waals surface area contributed by atoms with E-state index >= 15 is 0 Å². The van der Waals surface area contributed by atoms with Gasteiger partial charge in [-0.1, -0.05) is 59.8 Å². The van der Waals surface area contributed by atoms with Gasteiger partial charge in [-0.25, -0.2) is 4.68 Å². The van der Waals surface area contributed by atoms with Gasteiger partial charge in [0.1, 0.15) is 23.9 Å². The van der Waals surface area contributed by atoms with E-state index in [-0.39, 0.29) is 24.5 Å². The first-order valence-electron chi connectivity index (χ1n) is 13.4. The normalized spacial score (nSPS) is 15.7. The average Bonchev–Trinajstić information content (AvgIpc) is 3.63. The van der Waals surface area contributed by atoms with Crippen LogP contribution in [0.25, 0.3) is 11.0 Å². The van der Waals surface area contributed by atoms with E-state index in [1.807, 2.05) is 85.8 Å². The standard InChI is InChI=1S/C30H33N5O4/c1-2-38-24-16-14-23(15-17-24)29(30(37)31-19-22-9-4-3-5-10-22)34(20-25-11-8-18-39-25)28(36)21-35-27-13-7-6-12-26(27)32-33-35/h3-7,9-10,12-17,25,29H,2,8,11,18-21H2,1H3,(H,31,37). The lowest BCUT2D eigenvalue weighted by atomic mass is 10.0. The van der Waals surface area contributed by atoms with E-state index in [0.717, 1.165) is 23.9 Å². The van der Waals surface area contributed by atoms with Crippen LogP contribution in [0.4, 0.5) is 0 Å². The van der Waals surface area contributed by atoms with E-state index in [4.69, 9.17) is 9.47 Å². The molecule has 1 aromatic heterocycles. The highest BCUT2D eigenvalue weighted by molar-refractivity contribution is 5.89. The Morgan fingerprint density at radius 2 is 1.85 bits per heavy atom. The molecular weight excluding hydrogens is 494 g/mol. The lowest BCUT2D eigenvalue weighted by molar-refractivity contribution is -0.143. The fraction of sp³-hybridized carbons (Fsp3) is 0.333. The summed E-state index contributed by atoms with van der Waals surface area (Å²) in [7, 11) is 0. The first-order chi connectivity index (χ1) is 19.1. The average molecular weight is 528 g/mol. The van der Waals surface area contributed by atoms with Gasteiger partial charge in [0.2, 0.25) is 11.8 Å². The van der Waals surface area contributed by atoms with Gasteiger partial charge in [0.05, 0.1) is 18.2 Å². The number of para-hydroxylation sites is 1. The van der Waals surface area contributed by atoms with E-state index in [1.165, 1.54) is 0 Å². The van der Waals surface area contributed by atoms with Gasteiger partial charge in [-0.05, 0) is 55.2 Å². The molecule has 1 saturated heterocycles. The Bertz CT molecular complexity index is 1380. The summed E-state index contributed by atoms with van der Waals surface area (Å²) in [4.78, 5) is 29.5. The van der Waals surface area contributed by atoms with E-state index < -0.39 is 6.04 Å². The summed E-state index contributed by atoms with van der Waals surface area (Å²) in [5.41, 5.74) is 3.13. The quantitative estimate of drug-likeness (QED) is 0.318. The van der Waals surface area contributed by atoms with Crippen molar-refractivity contribution in [1.82, 2.24) is 25.2 Å². The summed E-state index contributed by atoms with van der Waals surface area (Å²) in [6.07, 6.45) is 1.61. The molecule has 9 nitrogen and oxygen atoms in total. The Morgan fingerprint density at radius 3 is 2.59 bits per heavy atom. The maximum atomic E-state index is 14.0. The zero-order valence-corrected chi connectivity index (χ0v) is 22.0. The molecule has 9 heteroatoms. The number of aromatic nitrogens is 3. The molecule has 1 N–H and O–H groups in total. The molecule has 1 fully saturated rings. The minimum absolute atomic E-state index is 0.0489. The molecule has 2 atom stereocenters. The van der Waals surface area contributed by atoms with Crippen molar-refractivity contribution < 1.29 is 19.1 Å². The number of nitrogens with one attached hydrogen (secondary N) is 1. The third-order valence-corrected chi connectivity index (χ3v) is 6.83. The predicted molar refractivity (Wildman–Crippen MR) is 147 cm³/mol. The number of benzene rings is 3. The number of hydrogen-bond acceptors (Lipinski definition) is 6. The summed E-state index contributed by atoms with van der Waals surface area (Å²) in [5, 5.41) is 11.4. The van der Waals surface area contributed by atoms with Crippen LogP contribution in [-0.2, 0) is 27.4 Å². The second-order valence-corrected chi connectivity index (χ2v) is 9.52. The molecule has 0 radical (unpaired) electrons. The number of carbonyl (C=O) groups is 2. The van der Waals surface area contributed by atoms with Crippen LogP contribution in [0.5, 0.6) is 5.75 Å². The van der Waals surface area contributed by atoms with Gasteiger partial charge < -0.3 is 19.7 Å². The molecule has 2 unspecified atom stereocenters. The van der Waals surface area contributed by atoms with Gasteiger partial charge in [-0.3, -0.25) is 9.59 Å². The third kappa shape index (κ3) is 6.43. The van der Waals surface area contributed by atoms with Crippen molar-refractivity contribution in [1.29, 1.82) is 0 Å². The molecule has 5 rings (SSSR count). The van der Waals surface area contributed by atoms with Crippen LogP contribution in [0.1, 0.15) is 36.9 Å². The monoisotopic (exact) mass is 527 g/mol. The summed E-state index contributed by atoms with van der Waals surface area (Å²) >= 11 is 0. The molecule has 1 aliphatic rings. The number of rotatable bonds is 11. The lowest BCUT2D eigenvalue weighted by Crippen LogP contribution is -2.47. The Kier molecular flexibility index (Phi) is 8.48. The topological polar surface area (TPSA) is 98.6 Å².